The molecule has 5 rings (SSSR count). The third-order valence-corrected chi connectivity index (χ3v) is 6.87. The fraction of sp³-hybridized carbons (Fsp3) is 0.423. The highest BCUT2D eigenvalue weighted by Gasteiger charge is 2.34. The van der Waals surface area contributed by atoms with Gasteiger partial charge in [0.05, 0.1) is 11.1 Å². The van der Waals surface area contributed by atoms with Gasteiger partial charge in [0.2, 0.25) is 0 Å². The van der Waals surface area contributed by atoms with Crippen molar-refractivity contribution in [3.05, 3.63) is 71.4 Å². The summed E-state index contributed by atoms with van der Waals surface area (Å²) in [5.41, 5.74) is 3.61. The minimum absolute atomic E-state index is 0.555. The molecule has 0 amide bonds. The molecule has 1 aromatic heterocycles. The van der Waals surface area contributed by atoms with Gasteiger partial charge in [-0.05, 0) is 61.4 Å². The first-order valence-corrected chi connectivity index (χ1v) is 11.4. The van der Waals surface area contributed by atoms with Gasteiger partial charge in [-0.2, -0.15) is 0 Å². The summed E-state index contributed by atoms with van der Waals surface area (Å²) in [6, 6.07) is 16.2. The fourth-order valence-electron chi connectivity index (χ4n) is 4.95. The Morgan fingerprint density at radius 3 is 2.77 bits per heavy atom. The van der Waals surface area contributed by atoms with Gasteiger partial charge in [0.1, 0.15) is 5.75 Å². The monoisotopic (exact) mass is 418 g/mol. The Hall–Kier alpha value is -2.47. The van der Waals surface area contributed by atoms with Gasteiger partial charge in [-0.25, -0.2) is 0 Å². The van der Waals surface area contributed by atoms with Gasteiger partial charge < -0.3 is 19.8 Å². The Morgan fingerprint density at radius 1 is 1.06 bits per heavy atom. The fourth-order valence-corrected chi connectivity index (χ4v) is 4.95. The Labute approximate surface area is 183 Å². The lowest BCUT2D eigenvalue weighted by molar-refractivity contribution is -0.0479. The molecular formula is C26H30N2O3. The highest BCUT2D eigenvalue weighted by molar-refractivity contribution is 5.78. The second-order valence-corrected chi connectivity index (χ2v) is 8.90. The molecule has 1 aliphatic carbocycles. The first-order valence-electron chi connectivity index (χ1n) is 11.4. The van der Waals surface area contributed by atoms with E-state index >= 15 is 0 Å². The maximum absolute atomic E-state index is 11.2. The van der Waals surface area contributed by atoms with Gasteiger partial charge >= 0.3 is 0 Å². The summed E-state index contributed by atoms with van der Waals surface area (Å²) in [6.45, 7) is 2.33. The predicted octanol–water partition coefficient (Wildman–Crippen LogP) is 3.79. The van der Waals surface area contributed by atoms with Crippen molar-refractivity contribution in [2.45, 2.75) is 50.4 Å². The number of para-hydroxylation sites is 1. The number of fused-ring (bicyclic) bond motifs is 2. The van der Waals surface area contributed by atoms with Crippen molar-refractivity contribution in [2.24, 2.45) is 0 Å². The van der Waals surface area contributed by atoms with E-state index in [1.165, 1.54) is 11.1 Å². The Balaban J connectivity index is 1.15. The Morgan fingerprint density at radius 2 is 1.90 bits per heavy atom. The van der Waals surface area contributed by atoms with Crippen LogP contribution in [0.15, 0.2) is 54.7 Å². The SMILES string of the molecule is OC(CCN1CCC(O)(c2cnc3ccccc3c2)CC1)Oc1cccc2c1CCC2. The average Bonchev–Trinajstić information content (AvgIpc) is 3.28. The molecule has 162 valence electrons. The van der Waals surface area contributed by atoms with Gasteiger partial charge in [-0.3, -0.25) is 4.98 Å². The molecule has 0 spiro atoms. The Bertz CT molecular complexity index is 1060. The van der Waals surface area contributed by atoms with Crippen LogP contribution in [0.5, 0.6) is 5.75 Å². The third kappa shape index (κ3) is 4.31. The number of aliphatic hydroxyl groups is 2. The zero-order chi connectivity index (χ0) is 21.3. The molecule has 2 aromatic carbocycles. The molecule has 0 saturated carbocycles. The highest BCUT2D eigenvalue weighted by atomic mass is 16.6. The van der Waals surface area contributed by atoms with E-state index in [0.29, 0.717) is 19.3 Å². The molecular weight excluding hydrogens is 388 g/mol. The van der Waals surface area contributed by atoms with Crippen molar-refractivity contribution in [1.29, 1.82) is 0 Å². The molecule has 1 fully saturated rings. The molecule has 1 atom stereocenters. The molecule has 5 heteroatoms. The van der Waals surface area contributed by atoms with E-state index in [1.54, 1.807) is 0 Å². The number of hydrogen-bond donors (Lipinski definition) is 2. The van der Waals surface area contributed by atoms with Gasteiger partial charge in [0.15, 0.2) is 6.29 Å². The maximum Gasteiger partial charge on any atom is 0.198 e. The second kappa shape index (κ2) is 8.58. The number of likely N-dealkylation sites (tertiary alicyclic amines) is 1. The van der Waals surface area contributed by atoms with Crippen LogP contribution in [0.3, 0.4) is 0 Å². The number of aryl methyl sites for hydroxylation is 1. The minimum Gasteiger partial charge on any atom is -0.465 e. The van der Waals surface area contributed by atoms with E-state index < -0.39 is 11.9 Å². The van der Waals surface area contributed by atoms with Crippen LogP contribution in [0, 0.1) is 0 Å². The van der Waals surface area contributed by atoms with Crippen LogP contribution in [-0.2, 0) is 18.4 Å². The van der Waals surface area contributed by atoms with Gasteiger partial charge in [0.25, 0.3) is 0 Å². The van der Waals surface area contributed by atoms with E-state index in [1.807, 2.05) is 42.6 Å². The average molecular weight is 419 g/mol. The molecule has 1 aliphatic heterocycles. The summed E-state index contributed by atoms with van der Waals surface area (Å²) >= 11 is 0. The van der Waals surface area contributed by atoms with Crippen molar-refractivity contribution >= 4 is 10.9 Å². The summed E-state index contributed by atoms with van der Waals surface area (Å²) in [5, 5.41) is 22.7. The quantitative estimate of drug-likeness (QED) is 0.596. The van der Waals surface area contributed by atoms with Crippen LogP contribution in [0.25, 0.3) is 10.9 Å². The molecule has 1 unspecified atom stereocenters. The molecule has 0 bridgehead atoms. The number of aliphatic hydroxyl groups excluding tert-OH is 1. The number of benzene rings is 2. The van der Waals surface area contributed by atoms with E-state index in [4.69, 9.17) is 4.74 Å². The van der Waals surface area contributed by atoms with Crippen LogP contribution in [-0.4, -0.2) is 46.0 Å². The summed E-state index contributed by atoms with van der Waals surface area (Å²) in [7, 11) is 0. The molecule has 2 N–H and O–H groups in total. The maximum atomic E-state index is 11.2. The van der Waals surface area contributed by atoms with E-state index in [0.717, 1.165) is 61.1 Å². The smallest absolute Gasteiger partial charge is 0.198 e. The number of hydrogen-bond acceptors (Lipinski definition) is 5. The van der Waals surface area contributed by atoms with Crippen molar-refractivity contribution in [3.8, 4) is 5.75 Å². The van der Waals surface area contributed by atoms with Crippen molar-refractivity contribution in [2.75, 3.05) is 19.6 Å². The van der Waals surface area contributed by atoms with Crippen LogP contribution in [0.2, 0.25) is 0 Å². The van der Waals surface area contributed by atoms with Gasteiger partial charge in [-0.1, -0.05) is 30.3 Å². The summed E-state index contributed by atoms with van der Waals surface area (Å²) in [4.78, 5) is 6.82. The molecule has 0 radical (unpaired) electrons. The lowest BCUT2D eigenvalue weighted by atomic mass is 9.85. The number of piperidine rings is 1. The zero-order valence-corrected chi connectivity index (χ0v) is 17.8. The van der Waals surface area contributed by atoms with Crippen molar-refractivity contribution in [3.63, 3.8) is 0 Å². The van der Waals surface area contributed by atoms with Gasteiger partial charge in [-0.15, -0.1) is 0 Å². The lowest BCUT2D eigenvalue weighted by Gasteiger charge is -2.38. The summed E-state index contributed by atoms with van der Waals surface area (Å²) < 4.78 is 5.87. The van der Waals surface area contributed by atoms with Crippen molar-refractivity contribution < 1.29 is 14.9 Å². The van der Waals surface area contributed by atoms with Crippen LogP contribution in [0.1, 0.15) is 42.4 Å². The zero-order valence-electron chi connectivity index (χ0n) is 17.8. The third-order valence-electron chi connectivity index (χ3n) is 6.87. The molecule has 31 heavy (non-hydrogen) atoms. The van der Waals surface area contributed by atoms with E-state index in [-0.39, 0.29) is 0 Å². The van der Waals surface area contributed by atoms with Crippen LogP contribution >= 0.6 is 0 Å². The lowest BCUT2D eigenvalue weighted by Crippen LogP contribution is -2.43. The number of aromatic nitrogens is 1. The van der Waals surface area contributed by atoms with Crippen LogP contribution < -0.4 is 4.74 Å². The predicted molar refractivity (Wildman–Crippen MR) is 121 cm³/mol. The van der Waals surface area contributed by atoms with Gasteiger partial charge in [0, 0.05) is 43.2 Å². The second-order valence-electron chi connectivity index (χ2n) is 8.90. The van der Waals surface area contributed by atoms with E-state index in [2.05, 4.69) is 22.0 Å². The first-order chi connectivity index (χ1) is 15.1. The largest absolute Gasteiger partial charge is 0.465 e. The number of pyridine rings is 1. The summed E-state index contributed by atoms with van der Waals surface area (Å²) in [5.74, 6) is 0.833. The summed E-state index contributed by atoms with van der Waals surface area (Å²) in [6.07, 6.45) is 6.19. The highest BCUT2D eigenvalue weighted by Crippen LogP contribution is 2.34. The number of ether oxygens (including phenoxy) is 1. The number of nitrogens with zero attached hydrogens (tertiary/aromatic N) is 2. The van der Waals surface area contributed by atoms with Crippen molar-refractivity contribution in [1.82, 2.24) is 9.88 Å². The Kier molecular flexibility index (Phi) is 5.65. The standard InChI is InChI=1S/C26H30N2O3/c29-25(31-24-10-4-7-19-6-3-8-22(19)24)11-14-28-15-12-26(30,13-16-28)21-17-20-5-1-2-9-23(20)27-18-21/h1-2,4-5,7,9-10,17-18,25,29-30H,3,6,8,11-16H2. The molecule has 5 nitrogen and oxygen atoms in total. The normalized spacial score (nSPS) is 19.3. The van der Waals surface area contributed by atoms with Crippen LogP contribution in [0.4, 0.5) is 0 Å². The first kappa shape index (κ1) is 20.4. The molecule has 2 heterocycles. The molecule has 1 saturated heterocycles. The topological polar surface area (TPSA) is 65.8 Å². The molecule has 2 aliphatic rings. The number of rotatable bonds is 6. The minimum atomic E-state index is -0.840. The van der Waals surface area contributed by atoms with E-state index in [9.17, 15) is 10.2 Å². The molecule has 3 aromatic rings.